The third kappa shape index (κ3) is 4.01. The van der Waals surface area contributed by atoms with Crippen molar-refractivity contribution in [2.45, 2.75) is 45.1 Å². The van der Waals surface area contributed by atoms with Gasteiger partial charge in [0.05, 0.1) is 11.7 Å². The van der Waals surface area contributed by atoms with Gasteiger partial charge >= 0.3 is 0 Å². The Morgan fingerprint density at radius 1 is 0.973 bits per heavy atom. The summed E-state index contributed by atoms with van der Waals surface area (Å²) in [7, 11) is 0. The lowest BCUT2D eigenvalue weighted by Gasteiger charge is -2.40. The van der Waals surface area contributed by atoms with Gasteiger partial charge in [-0.2, -0.15) is 0 Å². The van der Waals surface area contributed by atoms with E-state index in [-0.39, 0.29) is 5.41 Å². The van der Waals surface area contributed by atoms with Gasteiger partial charge in [-0.1, -0.05) is 13.8 Å². The Morgan fingerprint density at radius 2 is 1.84 bits per heavy atom. The summed E-state index contributed by atoms with van der Waals surface area (Å²) < 4.78 is 0. The number of piperidine rings is 1. The molecule has 0 bridgehead atoms. The number of nitrogens with one attached hydrogen (secondary N) is 3. The zero-order valence-electron chi connectivity index (χ0n) is 21.1. The van der Waals surface area contributed by atoms with Crippen molar-refractivity contribution in [1.29, 1.82) is 0 Å². The zero-order valence-corrected chi connectivity index (χ0v) is 21.1. The normalized spacial score (nSPS) is 19.4. The highest BCUT2D eigenvalue weighted by atomic mass is 15.1. The van der Waals surface area contributed by atoms with Crippen molar-refractivity contribution in [3.63, 3.8) is 0 Å². The Kier molecular flexibility index (Phi) is 5.18. The number of fused-ring (bicyclic) bond motifs is 2. The molecule has 0 spiro atoms. The first-order chi connectivity index (χ1) is 18.1. The maximum absolute atomic E-state index is 5.21. The molecule has 0 unspecified atom stereocenters. The van der Waals surface area contributed by atoms with Crippen LogP contribution in [-0.2, 0) is 0 Å². The van der Waals surface area contributed by atoms with E-state index >= 15 is 0 Å². The van der Waals surface area contributed by atoms with E-state index < -0.39 is 0 Å². The summed E-state index contributed by atoms with van der Waals surface area (Å²) in [6.45, 7) is 6.61. The highest BCUT2D eigenvalue weighted by Gasteiger charge is 2.34. The number of aromatic nitrogens is 6. The van der Waals surface area contributed by atoms with Gasteiger partial charge in [-0.25, -0.2) is 15.0 Å². The molecule has 186 valence electrons. The lowest BCUT2D eigenvalue weighted by molar-refractivity contribution is 0.236. The number of hydrogen-bond donors (Lipinski definition) is 3. The lowest BCUT2D eigenvalue weighted by Crippen LogP contribution is -2.49. The van der Waals surface area contributed by atoms with E-state index in [9.17, 15) is 0 Å². The monoisotopic (exact) mass is 490 g/mol. The van der Waals surface area contributed by atoms with E-state index in [2.05, 4.69) is 50.5 Å². The van der Waals surface area contributed by atoms with Gasteiger partial charge in [-0.15, -0.1) is 0 Å². The molecule has 5 aromatic rings. The Labute approximate surface area is 215 Å². The predicted molar refractivity (Wildman–Crippen MR) is 146 cm³/mol. The zero-order chi connectivity index (χ0) is 25.0. The van der Waals surface area contributed by atoms with Crippen molar-refractivity contribution in [3.05, 3.63) is 60.8 Å². The van der Waals surface area contributed by atoms with Gasteiger partial charge in [-0.05, 0) is 67.0 Å². The average Bonchev–Trinajstić information content (AvgIpc) is 3.67. The van der Waals surface area contributed by atoms with Crippen LogP contribution in [0.4, 0.5) is 5.82 Å². The van der Waals surface area contributed by atoms with Gasteiger partial charge < -0.3 is 15.6 Å². The molecular formula is C29H30N8. The summed E-state index contributed by atoms with van der Waals surface area (Å²) in [5.41, 5.74) is 6.07. The van der Waals surface area contributed by atoms with E-state index in [4.69, 9.17) is 9.97 Å². The summed E-state index contributed by atoms with van der Waals surface area (Å²) in [6, 6.07) is 8.42. The fourth-order valence-corrected chi connectivity index (χ4v) is 5.55. The van der Waals surface area contributed by atoms with Gasteiger partial charge in [-0.3, -0.25) is 9.97 Å². The van der Waals surface area contributed by atoms with E-state index in [1.807, 2.05) is 36.8 Å². The lowest BCUT2D eigenvalue weighted by atomic mass is 9.80. The Morgan fingerprint density at radius 3 is 2.65 bits per heavy atom. The second-order valence-corrected chi connectivity index (χ2v) is 11.0. The van der Waals surface area contributed by atoms with Crippen LogP contribution in [0.2, 0.25) is 0 Å². The molecule has 2 aliphatic rings. The quantitative estimate of drug-likeness (QED) is 0.307. The highest BCUT2D eigenvalue weighted by Crippen LogP contribution is 2.45. The van der Waals surface area contributed by atoms with Gasteiger partial charge in [0, 0.05) is 65.0 Å². The van der Waals surface area contributed by atoms with Crippen LogP contribution >= 0.6 is 0 Å². The predicted octanol–water partition coefficient (Wildman–Crippen LogP) is 5.31. The summed E-state index contributed by atoms with van der Waals surface area (Å²) >= 11 is 0. The molecule has 37 heavy (non-hydrogen) atoms. The Bertz CT molecular complexity index is 1600. The number of nitrogens with zero attached hydrogens (tertiary/aromatic N) is 5. The molecule has 8 heteroatoms. The smallest absolute Gasteiger partial charge is 0.163 e. The molecule has 1 atom stereocenters. The van der Waals surface area contributed by atoms with E-state index in [0.29, 0.717) is 17.8 Å². The maximum Gasteiger partial charge on any atom is 0.163 e. The average molecular weight is 491 g/mol. The second kappa shape index (κ2) is 8.59. The summed E-state index contributed by atoms with van der Waals surface area (Å²) in [4.78, 5) is 27.0. The SMILES string of the molecule is CC1(C)CNCC[C@@H]1Nc1nc(-c2ccnc3[nH]c(-c4ccncc4)cc23)nc2cncc(C3CC3)c12. The summed E-state index contributed by atoms with van der Waals surface area (Å²) in [5.74, 6) is 2.15. The van der Waals surface area contributed by atoms with Crippen molar-refractivity contribution in [3.8, 4) is 22.6 Å². The molecule has 0 radical (unpaired) electrons. The van der Waals surface area contributed by atoms with Crippen LogP contribution < -0.4 is 10.6 Å². The minimum absolute atomic E-state index is 0.104. The number of hydrogen-bond acceptors (Lipinski definition) is 7. The number of pyridine rings is 3. The first-order valence-corrected chi connectivity index (χ1v) is 13.1. The molecule has 3 N–H and O–H groups in total. The third-order valence-electron chi connectivity index (χ3n) is 7.86. The second-order valence-electron chi connectivity index (χ2n) is 11.0. The fraction of sp³-hybridized carbons (Fsp3) is 0.345. The van der Waals surface area contributed by atoms with Crippen LogP contribution in [0.15, 0.2) is 55.2 Å². The molecule has 0 amide bonds. The van der Waals surface area contributed by atoms with Gasteiger partial charge in [0.15, 0.2) is 5.82 Å². The standard InChI is InChI=1S/C29H30N8/c1-29(2)16-31-11-8-24(29)36-28-25-21(17-3-4-17)14-32-15-23(25)35-27(37-28)19-7-12-33-26-20(19)13-22(34-26)18-5-9-30-10-6-18/h5-7,9-10,12-15,17,24,31H,3-4,8,11,16H2,1-2H3,(H,33,34)(H,35,36,37)/t24-/m0/s1. The molecule has 2 fully saturated rings. The summed E-state index contributed by atoms with van der Waals surface area (Å²) in [5, 5.41) is 9.53. The highest BCUT2D eigenvalue weighted by molar-refractivity contribution is 5.98. The first-order valence-electron chi connectivity index (χ1n) is 13.1. The van der Waals surface area contributed by atoms with Crippen molar-refractivity contribution in [2.75, 3.05) is 18.4 Å². The van der Waals surface area contributed by atoms with Crippen LogP contribution in [0.25, 0.3) is 44.6 Å². The molecule has 7 rings (SSSR count). The molecule has 5 aromatic heterocycles. The number of aromatic amines is 1. The summed E-state index contributed by atoms with van der Waals surface area (Å²) in [6.07, 6.45) is 12.8. The first kappa shape index (κ1) is 22.3. The minimum Gasteiger partial charge on any atom is -0.366 e. The molecule has 8 nitrogen and oxygen atoms in total. The van der Waals surface area contributed by atoms with Crippen molar-refractivity contribution in [1.82, 2.24) is 35.2 Å². The molecule has 1 aliphatic carbocycles. The van der Waals surface area contributed by atoms with Crippen molar-refractivity contribution >= 4 is 27.8 Å². The van der Waals surface area contributed by atoms with E-state index in [0.717, 1.165) is 64.1 Å². The van der Waals surface area contributed by atoms with Gasteiger partial charge in [0.1, 0.15) is 11.5 Å². The fourth-order valence-electron chi connectivity index (χ4n) is 5.55. The Hall–Kier alpha value is -3.91. The molecule has 0 aromatic carbocycles. The molecule has 1 saturated carbocycles. The van der Waals surface area contributed by atoms with Crippen molar-refractivity contribution < 1.29 is 0 Å². The van der Waals surface area contributed by atoms with Gasteiger partial charge in [0.25, 0.3) is 0 Å². The van der Waals surface area contributed by atoms with Crippen LogP contribution in [0.5, 0.6) is 0 Å². The van der Waals surface area contributed by atoms with Crippen LogP contribution in [-0.4, -0.2) is 49.0 Å². The minimum atomic E-state index is 0.104. The molecular weight excluding hydrogens is 460 g/mol. The number of rotatable bonds is 5. The van der Waals surface area contributed by atoms with Crippen LogP contribution in [0.1, 0.15) is 44.6 Å². The molecule has 1 aliphatic heterocycles. The van der Waals surface area contributed by atoms with Crippen LogP contribution in [0, 0.1) is 5.41 Å². The number of H-pyrrole nitrogens is 1. The van der Waals surface area contributed by atoms with E-state index in [1.165, 1.54) is 18.4 Å². The van der Waals surface area contributed by atoms with Gasteiger partial charge in [0.2, 0.25) is 0 Å². The number of anilines is 1. The van der Waals surface area contributed by atoms with E-state index in [1.54, 1.807) is 12.4 Å². The third-order valence-corrected chi connectivity index (χ3v) is 7.86. The largest absolute Gasteiger partial charge is 0.366 e. The maximum atomic E-state index is 5.21. The molecule has 6 heterocycles. The van der Waals surface area contributed by atoms with Crippen molar-refractivity contribution in [2.24, 2.45) is 5.41 Å². The van der Waals surface area contributed by atoms with Crippen LogP contribution in [0.3, 0.4) is 0 Å². The Balaban J connectivity index is 1.40. The molecule has 1 saturated heterocycles. The topological polar surface area (TPSA) is 104 Å².